The molecule has 3 aromatic rings. The monoisotopic (exact) mass is 552 g/mol. The van der Waals surface area contributed by atoms with Crippen LogP contribution in [0.25, 0.3) is 11.1 Å². The van der Waals surface area contributed by atoms with E-state index in [-0.39, 0.29) is 5.91 Å². The number of amidine groups is 1. The lowest BCUT2D eigenvalue weighted by Gasteiger charge is -2.35. The highest BCUT2D eigenvalue weighted by Gasteiger charge is 2.23. The van der Waals surface area contributed by atoms with E-state index < -0.39 is 0 Å². The molecule has 0 aliphatic carbocycles. The van der Waals surface area contributed by atoms with E-state index >= 15 is 0 Å². The molecule has 5 rings (SSSR count). The predicted molar refractivity (Wildman–Crippen MR) is 153 cm³/mol. The third kappa shape index (κ3) is 5.06. The van der Waals surface area contributed by atoms with Gasteiger partial charge in [-0.15, -0.1) is 0 Å². The number of nitrogens with one attached hydrogen (secondary N) is 1. The number of fused-ring (bicyclic) bond motifs is 1. The van der Waals surface area contributed by atoms with Crippen LogP contribution in [0.15, 0.2) is 53.5 Å². The van der Waals surface area contributed by atoms with Crippen LogP contribution in [-0.2, 0) is 6.54 Å². The van der Waals surface area contributed by atoms with E-state index in [2.05, 4.69) is 27.0 Å². The minimum atomic E-state index is -0.188. The number of ether oxygens (including phenoxy) is 2. The number of hydrogen-bond donors (Lipinski definition) is 1. The summed E-state index contributed by atoms with van der Waals surface area (Å²) < 4.78 is 10.8. The molecule has 0 radical (unpaired) electrons. The van der Waals surface area contributed by atoms with Crippen molar-refractivity contribution in [1.82, 2.24) is 10.2 Å². The number of carbonyl (C=O) groups is 1. The first kappa shape index (κ1) is 26.4. The number of piperazine rings is 1. The van der Waals surface area contributed by atoms with Gasteiger partial charge in [-0.25, -0.2) is 0 Å². The van der Waals surface area contributed by atoms with Crippen LogP contribution in [0.2, 0.25) is 10.0 Å². The van der Waals surface area contributed by atoms with E-state index in [0.29, 0.717) is 45.1 Å². The standard InChI is InChI=1S/C29H30Cl2N4O3/c1-4-34-11-13-35(14-12-34)21-8-5-18(6-9-21)29(36)33-28-22-10-7-19(15-20(22)17-32-28)25-26(30)23(37-2)16-24(38-3)27(25)31/h5-10,15-16H,4,11-14,17H2,1-3H3,(H,32,33,36). The molecule has 0 unspecified atom stereocenters. The van der Waals surface area contributed by atoms with Crippen LogP contribution in [-0.4, -0.2) is 63.6 Å². The van der Waals surface area contributed by atoms with Crippen LogP contribution >= 0.6 is 23.2 Å². The summed E-state index contributed by atoms with van der Waals surface area (Å²) in [4.78, 5) is 22.4. The largest absolute Gasteiger partial charge is 0.495 e. The highest BCUT2D eigenvalue weighted by molar-refractivity contribution is 6.41. The molecule has 198 valence electrons. The number of hydrogen-bond acceptors (Lipinski definition) is 6. The Balaban J connectivity index is 1.31. The molecular formula is C29H30Cl2N4O3. The molecule has 0 spiro atoms. The number of nitrogens with zero attached hydrogens (tertiary/aromatic N) is 3. The van der Waals surface area contributed by atoms with Crippen LogP contribution in [0.4, 0.5) is 5.69 Å². The molecule has 0 atom stereocenters. The first-order valence-electron chi connectivity index (χ1n) is 12.6. The van der Waals surface area contributed by atoms with Gasteiger partial charge in [0, 0.05) is 54.6 Å². The third-order valence-electron chi connectivity index (χ3n) is 7.18. The van der Waals surface area contributed by atoms with Gasteiger partial charge in [0.2, 0.25) is 0 Å². The van der Waals surface area contributed by atoms with Gasteiger partial charge in [0.25, 0.3) is 5.91 Å². The van der Waals surface area contributed by atoms with E-state index in [1.165, 1.54) is 0 Å². The Morgan fingerprint density at radius 2 is 1.61 bits per heavy atom. The number of methoxy groups -OCH3 is 2. The Bertz CT molecular complexity index is 1360. The number of halogens is 2. The van der Waals surface area contributed by atoms with E-state index in [0.717, 1.165) is 55.1 Å². The fourth-order valence-corrected chi connectivity index (χ4v) is 5.65. The smallest absolute Gasteiger partial charge is 0.256 e. The Kier molecular flexibility index (Phi) is 7.79. The highest BCUT2D eigenvalue weighted by Crippen LogP contribution is 2.46. The molecule has 1 fully saturated rings. The van der Waals surface area contributed by atoms with E-state index in [9.17, 15) is 4.79 Å². The first-order chi connectivity index (χ1) is 18.4. The second-order valence-electron chi connectivity index (χ2n) is 9.24. The molecule has 2 aliphatic heterocycles. The van der Waals surface area contributed by atoms with Crippen molar-refractivity contribution in [3.05, 3.63) is 75.3 Å². The van der Waals surface area contributed by atoms with Gasteiger partial charge in [-0.1, -0.05) is 42.3 Å². The van der Waals surface area contributed by atoms with Crippen molar-refractivity contribution in [2.75, 3.05) is 51.8 Å². The maximum absolute atomic E-state index is 13.0. The molecule has 0 aromatic heterocycles. The summed E-state index contributed by atoms with van der Waals surface area (Å²) in [5, 5.41) is 3.79. The zero-order chi connectivity index (χ0) is 26.8. The zero-order valence-corrected chi connectivity index (χ0v) is 23.2. The average Bonchev–Trinajstić information content (AvgIpc) is 3.35. The Morgan fingerprint density at radius 3 is 2.21 bits per heavy atom. The number of amides is 1. The van der Waals surface area contributed by atoms with Gasteiger partial charge >= 0.3 is 0 Å². The topological polar surface area (TPSA) is 66.4 Å². The second kappa shape index (κ2) is 11.2. The number of anilines is 1. The molecular weight excluding hydrogens is 523 g/mol. The van der Waals surface area contributed by atoms with Crippen LogP contribution < -0.4 is 19.7 Å². The SMILES string of the molecule is CCN1CCN(c2ccc(C(=O)NC3=NCc4cc(-c5c(Cl)c(OC)cc(OC)c5Cl)ccc43)cc2)CC1. The van der Waals surface area contributed by atoms with E-state index in [1.807, 2.05) is 42.5 Å². The molecule has 3 aromatic carbocycles. The quantitative estimate of drug-likeness (QED) is 0.436. The number of carbonyl (C=O) groups excluding carboxylic acids is 1. The van der Waals surface area contributed by atoms with Crippen molar-refractivity contribution in [2.24, 2.45) is 4.99 Å². The van der Waals surface area contributed by atoms with Crippen LogP contribution in [0.5, 0.6) is 11.5 Å². The molecule has 0 saturated carbocycles. The van der Waals surface area contributed by atoms with Gasteiger partial charge in [0.15, 0.2) is 0 Å². The van der Waals surface area contributed by atoms with E-state index in [1.54, 1.807) is 20.3 Å². The van der Waals surface area contributed by atoms with Gasteiger partial charge in [0.1, 0.15) is 17.3 Å². The molecule has 1 saturated heterocycles. The summed E-state index contributed by atoms with van der Waals surface area (Å²) in [6, 6.07) is 15.3. The predicted octanol–water partition coefficient (Wildman–Crippen LogP) is 5.51. The van der Waals surface area contributed by atoms with Gasteiger partial charge in [-0.05, 0) is 48.0 Å². The molecule has 38 heavy (non-hydrogen) atoms. The minimum absolute atomic E-state index is 0.188. The van der Waals surface area contributed by atoms with Gasteiger partial charge < -0.3 is 24.6 Å². The van der Waals surface area contributed by atoms with Crippen LogP contribution in [0.1, 0.15) is 28.4 Å². The molecule has 7 nitrogen and oxygen atoms in total. The maximum Gasteiger partial charge on any atom is 0.256 e. The molecule has 2 aliphatic rings. The average molecular weight is 553 g/mol. The number of likely N-dealkylation sites (N-methyl/N-ethyl adjacent to an activating group) is 1. The third-order valence-corrected chi connectivity index (χ3v) is 7.93. The Morgan fingerprint density at radius 1 is 0.947 bits per heavy atom. The molecule has 9 heteroatoms. The highest BCUT2D eigenvalue weighted by atomic mass is 35.5. The van der Waals surface area contributed by atoms with Gasteiger partial charge in [-0.2, -0.15) is 0 Å². The fraction of sp³-hybridized carbons (Fsp3) is 0.310. The van der Waals surface area contributed by atoms with Crippen molar-refractivity contribution in [1.29, 1.82) is 0 Å². The van der Waals surface area contributed by atoms with Crippen molar-refractivity contribution in [3.63, 3.8) is 0 Å². The van der Waals surface area contributed by atoms with Crippen molar-refractivity contribution >= 4 is 40.6 Å². The van der Waals surface area contributed by atoms with Crippen LogP contribution in [0.3, 0.4) is 0 Å². The second-order valence-corrected chi connectivity index (χ2v) is 10.00. The summed E-state index contributed by atoms with van der Waals surface area (Å²) in [5.41, 5.74) is 5.01. The summed E-state index contributed by atoms with van der Waals surface area (Å²) in [7, 11) is 3.09. The Hall–Kier alpha value is -3.26. The summed E-state index contributed by atoms with van der Waals surface area (Å²) in [6.07, 6.45) is 0. The van der Waals surface area contributed by atoms with Crippen molar-refractivity contribution < 1.29 is 14.3 Å². The molecule has 2 heterocycles. The summed E-state index contributed by atoms with van der Waals surface area (Å²) >= 11 is 13.2. The molecule has 0 bridgehead atoms. The van der Waals surface area contributed by atoms with Gasteiger partial charge in [-0.3, -0.25) is 9.79 Å². The van der Waals surface area contributed by atoms with E-state index in [4.69, 9.17) is 32.7 Å². The minimum Gasteiger partial charge on any atom is -0.495 e. The lowest BCUT2D eigenvalue weighted by molar-refractivity contribution is 0.0977. The first-order valence-corrected chi connectivity index (χ1v) is 13.4. The lowest BCUT2D eigenvalue weighted by atomic mass is 9.99. The zero-order valence-electron chi connectivity index (χ0n) is 21.7. The molecule has 1 N–H and O–H groups in total. The van der Waals surface area contributed by atoms with Gasteiger partial charge in [0.05, 0.1) is 30.8 Å². The number of aliphatic imine (C=N–C) groups is 1. The summed E-state index contributed by atoms with van der Waals surface area (Å²) in [6.45, 7) is 7.82. The molecule has 1 amide bonds. The maximum atomic E-state index is 13.0. The fourth-order valence-electron chi connectivity index (χ4n) is 4.93. The number of benzene rings is 3. The summed E-state index contributed by atoms with van der Waals surface area (Å²) in [5.74, 6) is 1.31. The lowest BCUT2D eigenvalue weighted by Crippen LogP contribution is -2.46. The van der Waals surface area contributed by atoms with Crippen molar-refractivity contribution in [2.45, 2.75) is 13.5 Å². The van der Waals surface area contributed by atoms with Crippen molar-refractivity contribution in [3.8, 4) is 22.6 Å². The number of rotatable bonds is 6. The van der Waals surface area contributed by atoms with Crippen LogP contribution in [0, 0.1) is 0 Å². The Labute approximate surface area is 233 Å². The normalized spacial score (nSPS) is 15.2.